The maximum atomic E-state index is 12.4. The third-order valence-corrected chi connectivity index (χ3v) is 2.38. The van der Waals surface area contributed by atoms with Crippen LogP contribution in [0.3, 0.4) is 0 Å². The summed E-state index contributed by atoms with van der Waals surface area (Å²) in [6.45, 7) is -0.851. The second kappa shape index (κ2) is 4.62. The van der Waals surface area contributed by atoms with Crippen LogP contribution in [0.2, 0.25) is 0 Å². The van der Waals surface area contributed by atoms with Crippen molar-refractivity contribution >= 4 is 15.9 Å². The summed E-state index contributed by atoms with van der Waals surface area (Å²) in [5.41, 5.74) is -2.69. The fourth-order valence-electron chi connectivity index (χ4n) is 1.06. The van der Waals surface area contributed by atoms with E-state index >= 15 is 0 Å². The summed E-state index contributed by atoms with van der Waals surface area (Å²) >= 11 is 2.52. The van der Waals surface area contributed by atoms with E-state index in [2.05, 4.69) is 20.9 Å². The SMILES string of the molecule is OCc1nc(Br)c(C(F)(F)F)cc1C(F)F. The van der Waals surface area contributed by atoms with Crippen LogP contribution in [0.15, 0.2) is 10.7 Å². The molecule has 0 saturated heterocycles. The molecule has 16 heavy (non-hydrogen) atoms. The molecule has 0 radical (unpaired) electrons. The van der Waals surface area contributed by atoms with Gasteiger partial charge in [0.2, 0.25) is 0 Å². The molecule has 8 heteroatoms. The molecule has 0 aliphatic rings. The molecule has 0 bridgehead atoms. The first-order valence-corrected chi connectivity index (χ1v) is 4.72. The summed E-state index contributed by atoms with van der Waals surface area (Å²) in [6, 6.07) is 0.285. The Morgan fingerprint density at radius 1 is 1.38 bits per heavy atom. The highest BCUT2D eigenvalue weighted by Crippen LogP contribution is 2.37. The molecule has 90 valence electrons. The Morgan fingerprint density at radius 3 is 2.31 bits per heavy atom. The van der Waals surface area contributed by atoms with E-state index in [0.29, 0.717) is 0 Å². The largest absolute Gasteiger partial charge is 0.419 e. The number of hydrogen-bond acceptors (Lipinski definition) is 2. The average Bonchev–Trinajstić information content (AvgIpc) is 2.14. The molecule has 1 aromatic heterocycles. The third kappa shape index (κ3) is 2.67. The van der Waals surface area contributed by atoms with E-state index in [9.17, 15) is 22.0 Å². The Bertz CT molecular complexity index is 393. The summed E-state index contributed by atoms with van der Waals surface area (Å²) in [7, 11) is 0. The van der Waals surface area contributed by atoms with Gasteiger partial charge < -0.3 is 5.11 Å². The monoisotopic (exact) mass is 305 g/mol. The van der Waals surface area contributed by atoms with Crippen molar-refractivity contribution in [3.05, 3.63) is 27.5 Å². The number of halogens is 6. The van der Waals surface area contributed by atoms with Gasteiger partial charge in [-0.05, 0) is 22.0 Å². The fraction of sp³-hybridized carbons (Fsp3) is 0.375. The molecule has 1 heterocycles. The Hall–Kier alpha value is -0.760. The molecule has 0 fully saturated rings. The van der Waals surface area contributed by atoms with E-state index in [1.54, 1.807) is 0 Å². The maximum absolute atomic E-state index is 12.4. The highest BCUT2D eigenvalue weighted by molar-refractivity contribution is 9.10. The molecule has 1 N–H and O–H groups in total. The maximum Gasteiger partial charge on any atom is 0.419 e. The minimum absolute atomic E-state index is 0.285. The van der Waals surface area contributed by atoms with Crippen LogP contribution in [0.1, 0.15) is 23.2 Å². The summed E-state index contributed by atoms with van der Waals surface area (Å²) in [5.74, 6) is 0. The molecule has 0 saturated carbocycles. The Balaban J connectivity index is 3.39. The Labute approximate surface area is 95.2 Å². The molecular weight excluding hydrogens is 301 g/mol. The van der Waals surface area contributed by atoms with Gasteiger partial charge in [0, 0.05) is 5.56 Å². The van der Waals surface area contributed by atoms with Crippen molar-refractivity contribution in [2.24, 2.45) is 0 Å². The summed E-state index contributed by atoms with van der Waals surface area (Å²) in [5, 5.41) is 8.69. The van der Waals surface area contributed by atoms with Gasteiger partial charge >= 0.3 is 6.18 Å². The number of pyridine rings is 1. The second-order valence-electron chi connectivity index (χ2n) is 2.82. The van der Waals surface area contributed by atoms with Crippen LogP contribution in [0, 0.1) is 0 Å². The van der Waals surface area contributed by atoms with Crippen LogP contribution in [0.5, 0.6) is 0 Å². The van der Waals surface area contributed by atoms with Crippen molar-refractivity contribution in [2.45, 2.75) is 19.2 Å². The number of nitrogens with zero attached hydrogens (tertiary/aromatic N) is 1. The Kier molecular flexibility index (Phi) is 3.84. The van der Waals surface area contributed by atoms with Gasteiger partial charge in [-0.3, -0.25) is 0 Å². The second-order valence-corrected chi connectivity index (χ2v) is 3.57. The lowest BCUT2D eigenvalue weighted by Gasteiger charge is -2.13. The van der Waals surface area contributed by atoms with Gasteiger partial charge in [0.1, 0.15) is 4.60 Å². The molecular formula is C8H5BrF5NO. The lowest BCUT2D eigenvalue weighted by Crippen LogP contribution is -2.11. The van der Waals surface area contributed by atoms with E-state index in [0.717, 1.165) is 0 Å². The topological polar surface area (TPSA) is 33.1 Å². The number of aliphatic hydroxyl groups is 1. The van der Waals surface area contributed by atoms with Crippen LogP contribution in [0.4, 0.5) is 22.0 Å². The van der Waals surface area contributed by atoms with Crippen LogP contribution in [-0.4, -0.2) is 10.1 Å². The normalized spacial score (nSPS) is 12.2. The van der Waals surface area contributed by atoms with Crippen LogP contribution < -0.4 is 0 Å². The first-order valence-electron chi connectivity index (χ1n) is 3.93. The highest BCUT2D eigenvalue weighted by Gasteiger charge is 2.35. The molecule has 1 aromatic rings. The minimum Gasteiger partial charge on any atom is -0.390 e. The molecule has 0 amide bonds. The zero-order valence-electron chi connectivity index (χ0n) is 7.52. The predicted octanol–water partition coefficient (Wildman–Crippen LogP) is 3.29. The number of alkyl halides is 5. The van der Waals surface area contributed by atoms with Gasteiger partial charge in [0.15, 0.2) is 0 Å². The quantitative estimate of drug-likeness (QED) is 0.672. The molecule has 0 spiro atoms. The van der Waals surface area contributed by atoms with E-state index in [4.69, 9.17) is 5.11 Å². The standard InChI is InChI=1S/C8H5BrF5NO/c9-6-4(8(12,13)14)1-3(7(10)11)5(2-16)15-6/h1,7,16H,2H2. The van der Waals surface area contributed by atoms with Crippen molar-refractivity contribution in [2.75, 3.05) is 0 Å². The van der Waals surface area contributed by atoms with Gasteiger partial charge in [-0.25, -0.2) is 13.8 Å². The lowest BCUT2D eigenvalue weighted by molar-refractivity contribution is -0.138. The van der Waals surface area contributed by atoms with Gasteiger partial charge in [-0.15, -0.1) is 0 Å². The van der Waals surface area contributed by atoms with Gasteiger partial charge in [0.25, 0.3) is 6.43 Å². The van der Waals surface area contributed by atoms with Crippen molar-refractivity contribution in [3.63, 3.8) is 0 Å². The molecule has 1 rings (SSSR count). The van der Waals surface area contributed by atoms with Crippen molar-refractivity contribution in [3.8, 4) is 0 Å². The fourth-order valence-corrected chi connectivity index (χ4v) is 1.61. The molecule has 0 unspecified atom stereocenters. The van der Waals surface area contributed by atoms with E-state index in [1.807, 2.05) is 0 Å². The van der Waals surface area contributed by atoms with Crippen LogP contribution >= 0.6 is 15.9 Å². The zero-order valence-corrected chi connectivity index (χ0v) is 9.11. The smallest absolute Gasteiger partial charge is 0.390 e. The summed E-state index contributed by atoms with van der Waals surface area (Å²) < 4.78 is 61.2. The molecule has 0 aliphatic heterocycles. The van der Waals surface area contributed by atoms with Gasteiger partial charge in [-0.2, -0.15) is 13.2 Å². The van der Waals surface area contributed by atoms with Gasteiger partial charge in [0.05, 0.1) is 17.9 Å². The zero-order chi connectivity index (χ0) is 12.5. The minimum atomic E-state index is -4.77. The van der Waals surface area contributed by atoms with Gasteiger partial charge in [-0.1, -0.05) is 0 Å². The molecule has 0 aromatic carbocycles. The average molecular weight is 306 g/mol. The van der Waals surface area contributed by atoms with Crippen molar-refractivity contribution in [1.82, 2.24) is 4.98 Å². The lowest BCUT2D eigenvalue weighted by atomic mass is 10.1. The summed E-state index contributed by atoms with van der Waals surface area (Å²) in [4.78, 5) is 3.25. The van der Waals surface area contributed by atoms with E-state index < -0.39 is 40.6 Å². The van der Waals surface area contributed by atoms with Crippen LogP contribution in [0.25, 0.3) is 0 Å². The van der Waals surface area contributed by atoms with Crippen molar-refractivity contribution in [1.29, 1.82) is 0 Å². The third-order valence-electron chi connectivity index (χ3n) is 1.78. The Morgan fingerprint density at radius 2 is 1.94 bits per heavy atom. The molecule has 0 aliphatic carbocycles. The number of aromatic nitrogens is 1. The highest BCUT2D eigenvalue weighted by atomic mass is 79.9. The summed E-state index contributed by atoms with van der Waals surface area (Å²) in [6.07, 6.45) is -7.90. The van der Waals surface area contributed by atoms with E-state index in [-0.39, 0.29) is 6.07 Å². The first-order chi connectivity index (χ1) is 7.27. The number of rotatable bonds is 2. The first kappa shape index (κ1) is 13.3. The predicted molar refractivity (Wildman–Crippen MR) is 47.8 cm³/mol. The van der Waals surface area contributed by atoms with E-state index in [1.165, 1.54) is 0 Å². The molecule has 2 nitrogen and oxygen atoms in total. The number of aliphatic hydroxyl groups excluding tert-OH is 1. The van der Waals surface area contributed by atoms with Crippen LogP contribution in [-0.2, 0) is 12.8 Å². The van der Waals surface area contributed by atoms with Crippen molar-refractivity contribution < 1.29 is 27.1 Å². The molecule has 0 atom stereocenters. The number of hydrogen-bond donors (Lipinski definition) is 1.